The van der Waals surface area contributed by atoms with Crippen LogP contribution in [-0.4, -0.2) is 44.3 Å². The van der Waals surface area contributed by atoms with Gasteiger partial charge in [0.05, 0.1) is 20.6 Å². The molecule has 7 nitrogen and oxygen atoms in total. The molecule has 0 bridgehead atoms. The molecule has 3 aromatic rings. The largest absolute Gasteiger partial charge is 0.354 e. The Morgan fingerprint density at radius 2 is 1.62 bits per heavy atom. The van der Waals surface area contributed by atoms with E-state index in [0.29, 0.717) is 6.54 Å². The van der Waals surface area contributed by atoms with E-state index in [1.54, 1.807) is 25.1 Å². The molecule has 3 rings (SSSR count). The van der Waals surface area contributed by atoms with E-state index in [-0.39, 0.29) is 33.1 Å². The summed E-state index contributed by atoms with van der Waals surface area (Å²) in [7, 11) is -4.23. The van der Waals surface area contributed by atoms with Crippen LogP contribution in [-0.2, 0) is 26.2 Å². The minimum Gasteiger partial charge on any atom is -0.354 e. The van der Waals surface area contributed by atoms with Crippen LogP contribution in [0, 0.1) is 6.92 Å². The first kappa shape index (κ1) is 30.5. The Labute approximate surface area is 240 Å². The summed E-state index contributed by atoms with van der Waals surface area (Å²) >= 11 is 12.7. The standard InChI is InChI=1S/C29H33Cl2N3O4S/c1-4-5-18-32-29(36)22(3)33(19-23-10-7-6-8-11-23)27(35)20-34(26-13-9-12-25(30)28(26)31)39(37,38)24-16-14-21(2)15-17-24/h6-17,22H,4-5,18-20H2,1-3H3,(H,32,36). The molecule has 39 heavy (non-hydrogen) atoms. The maximum Gasteiger partial charge on any atom is 0.264 e. The van der Waals surface area contributed by atoms with Crippen molar-refractivity contribution in [2.24, 2.45) is 0 Å². The summed E-state index contributed by atoms with van der Waals surface area (Å²) in [6.45, 7) is 5.51. The number of amides is 2. The van der Waals surface area contributed by atoms with E-state index in [9.17, 15) is 18.0 Å². The minimum atomic E-state index is -4.23. The van der Waals surface area contributed by atoms with Gasteiger partial charge in [0.2, 0.25) is 11.8 Å². The van der Waals surface area contributed by atoms with Gasteiger partial charge in [-0.2, -0.15) is 0 Å². The van der Waals surface area contributed by atoms with Gasteiger partial charge in [-0.15, -0.1) is 0 Å². The molecule has 208 valence electrons. The fourth-order valence-electron chi connectivity index (χ4n) is 3.93. The highest BCUT2D eigenvalue weighted by Gasteiger charge is 2.33. The number of rotatable bonds is 12. The lowest BCUT2D eigenvalue weighted by molar-refractivity contribution is -0.139. The molecule has 0 radical (unpaired) electrons. The van der Waals surface area contributed by atoms with Crippen molar-refractivity contribution in [3.8, 4) is 0 Å². The van der Waals surface area contributed by atoms with Gasteiger partial charge in [-0.25, -0.2) is 8.42 Å². The van der Waals surface area contributed by atoms with Crippen LogP contribution in [0.25, 0.3) is 0 Å². The fourth-order valence-corrected chi connectivity index (χ4v) is 5.81. The molecule has 0 aliphatic carbocycles. The predicted molar refractivity (Wildman–Crippen MR) is 157 cm³/mol. The smallest absolute Gasteiger partial charge is 0.264 e. The predicted octanol–water partition coefficient (Wildman–Crippen LogP) is 5.83. The van der Waals surface area contributed by atoms with Gasteiger partial charge in [-0.05, 0) is 50.1 Å². The zero-order chi connectivity index (χ0) is 28.6. The van der Waals surface area contributed by atoms with Crippen LogP contribution in [0.1, 0.15) is 37.8 Å². The van der Waals surface area contributed by atoms with Crippen molar-refractivity contribution < 1.29 is 18.0 Å². The normalized spacial score (nSPS) is 12.0. The third-order valence-electron chi connectivity index (χ3n) is 6.28. The molecule has 1 atom stereocenters. The lowest BCUT2D eigenvalue weighted by Gasteiger charge is -2.32. The number of sulfonamides is 1. The van der Waals surface area contributed by atoms with Crippen LogP contribution in [0.4, 0.5) is 5.69 Å². The Hall–Kier alpha value is -3.07. The Bertz CT molecular complexity index is 1380. The summed E-state index contributed by atoms with van der Waals surface area (Å²) in [5, 5.41) is 3.02. The van der Waals surface area contributed by atoms with Crippen LogP contribution < -0.4 is 9.62 Å². The second-order valence-corrected chi connectivity index (χ2v) is 11.9. The van der Waals surface area contributed by atoms with E-state index in [0.717, 1.165) is 28.3 Å². The number of nitrogens with one attached hydrogen (secondary N) is 1. The van der Waals surface area contributed by atoms with Crippen LogP contribution in [0.5, 0.6) is 0 Å². The van der Waals surface area contributed by atoms with Gasteiger partial charge in [-0.1, -0.05) is 90.6 Å². The van der Waals surface area contributed by atoms with Crippen molar-refractivity contribution in [2.75, 3.05) is 17.4 Å². The van der Waals surface area contributed by atoms with Crippen LogP contribution in [0.2, 0.25) is 10.0 Å². The highest BCUT2D eigenvalue weighted by molar-refractivity contribution is 7.92. The number of hydrogen-bond donors (Lipinski definition) is 1. The van der Waals surface area contributed by atoms with Crippen molar-refractivity contribution in [1.82, 2.24) is 10.2 Å². The van der Waals surface area contributed by atoms with Crippen LogP contribution in [0.3, 0.4) is 0 Å². The summed E-state index contributed by atoms with van der Waals surface area (Å²) in [5.74, 6) is -0.884. The monoisotopic (exact) mass is 589 g/mol. The molecule has 0 fully saturated rings. The number of nitrogens with zero attached hydrogens (tertiary/aromatic N) is 2. The van der Waals surface area contributed by atoms with Crippen molar-refractivity contribution in [1.29, 1.82) is 0 Å². The number of benzene rings is 3. The zero-order valence-electron chi connectivity index (χ0n) is 22.2. The Kier molecular flexibility index (Phi) is 10.8. The molecule has 0 saturated heterocycles. The van der Waals surface area contributed by atoms with E-state index in [2.05, 4.69) is 5.32 Å². The van der Waals surface area contributed by atoms with Gasteiger partial charge in [0.25, 0.3) is 10.0 Å². The average molecular weight is 591 g/mol. The Morgan fingerprint density at radius 1 is 0.949 bits per heavy atom. The van der Waals surface area contributed by atoms with Gasteiger partial charge in [0.15, 0.2) is 0 Å². The third kappa shape index (κ3) is 7.75. The van der Waals surface area contributed by atoms with E-state index >= 15 is 0 Å². The molecular formula is C29H33Cl2N3O4S. The molecule has 0 aliphatic rings. The average Bonchev–Trinajstić information content (AvgIpc) is 2.92. The van der Waals surface area contributed by atoms with E-state index < -0.39 is 28.5 Å². The number of carbonyl (C=O) groups excluding carboxylic acids is 2. The molecule has 1 unspecified atom stereocenters. The summed E-state index contributed by atoms with van der Waals surface area (Å²) < 4.78 is 28.7. The van der Waals surface area contributed by atoms with Gasteiger partial charge in [0, 0.05) is 13.1 Å². The second kappa shape index (κ2) is 13.8. The molecule has 0 spiro atoms. The fraction of sp³-hybridized carbons (Fsp3) is 0.310. The van der Waals surface area contributed by atoms with Crippen molar-refractivity contribution in [2.45, 2.75) is 51.1 Å². The number of aryl methyl sites for hydroxylation is 1. The highest BCUT2D eigenvalue weighted by Crippen LogP contribution is 2.35. The summed E-state index contributed by atoms with van der Waals surface area (Å²) in [6.07, 6.45) is 1.72. The van der Waals surface area contributed by atoms with Gasteiger partial charge in [0.1, 0.15) is 12.6 Å². The SMILES string of the molecule is CCCCNC(=O)C(C)N(Cc1ccccc1)C(=O)CN(c1cccc(Cl)c1Cl)S(=O)(=O)c1ccc(C)cc1. The highest BCUT2D eigenvalue weighted by atomic mass is 35.5. The lowest BCUT2D eigenvalue weighted by Crippen LogP contribution is -2.51. The second-order valence-electron chi connectivity index (χ2n) is 9.23. The summed E-state index contributed by atoms with van der Waals surface area (Å²) in [4.78, 5) is 28.3. The molecule has 1 N–H and O–H groups in total. The number of carbonyl (C=O) groups is 2. The minimum absolute atomic E-state index is 0.00243. The number of anilines is 1. The molecule has 0 saturated carbocycles. The molecule has 3 aromatic carbocycles. The van der Waals surface area contributed by atoms with Crippen molar-refractivity contribution in [3.63, 3.8) is 0 Å². The molecule has 0 heterocycles. The quantitative estimate of drug-likeness (QED) is 0.269. The van der Waals surface area contributed by atoms with E-state index in [4.69, 9.17) is 23.2 Å². The Morgan fingerprint density at radius 3 is 2.26 bits per heavy atom. The molecule has 0 aliphatic heterocycles. The molecule has 0 aromatic heterocycles. The van der Waals surface area contributed by atoms with Gasteiger partial charge in [-0.3, -0.25) is 13.9 Å². The lowest BCUT2D eigenvalue weighted by atomic mass is 10.1. The first-order chi connectivity index (χ1) is 18.6. The zero-order valence-corrected chi connectivity index (χ0v) is 24.6. The van der Waals surface area contributed by atoms with Gasteiger partial charge < -0.3 is 10.2 Å². The Balaban J connectivity index is 2.03. The number of hydrogen-bond acceptors (Lipinski definition) is 4. The van der Waals surface area contributed by atoms with Crippen molar-refractivity contribution >= 4 is 50.7 Å². The van der Waals surface area contributed by atoms with Gasteiger partial charge >= 0.3 is 0 Å². The number of unbranched alkanes of at least 4 members (excludes halogenated alkanes) is 1. The molecule has 10 heteroatoms. The first-order valence-corrected chi connectivity index (χ1v) is 14.9. The summed E-state index contributed by atoms with van der Waals surface area (Å²) in [6, 6.07) is 19.3. The maximum absolute atomic E-state index is 13.9. The van der Waals surface area contributed by atoms with E-state index in [1.165, 1.54) is 29.2 Å². The maximum atomic E-state index is 13.9. The molecular weight excluding hydrogens is 557 g/mol. The van der Waals surface area contributed by atoms with E-state index in [1.807, 2.05) is 44.2 Å². The summed E-state index contributed by atoms with van der Waals surface area (Å²) in [5.41, 5.74) is 1.75. The van der Waals surface area contributed by atoms with Crippen molar-refractivity contribution in [3.05, 3.63) is 94.0 Å². The number of halogens is 2. The topological polar surface area (TPSA) is 86.8 Å². The molecule has 2 amide bonds. The first-order valence-electron chi connectivity index (χ1n) is 12.7. The van der Waals surface area contributed by atoms with Crippen LogP contribution >= 0.6 is 23.2 Å². The third-order valence-corrected chi connectivity index (χ3v) is 8.86. The van der Waals surface area contributed by atoms with Crippen LogP contribution in [0.15, 0.2) is 77.7 Å².